The molecule has 0 heterocycles. The second-order valence-electron chi connectivity index (χ2n) is 10.0. The van der Waals surface area contributed by atoms with Gasteiger partial charge in [0.1, 0.15) is 18.4 Å². The molecule has 0 radical (unpaired) electrons. The Hall–Kier alpha value is -3.72. The smallest absolute Gasteiger partial charge is 0.264 e. The van der Waals surface area contributed by atoms with Gasteiger partial charge in [-0.05, 0) is 67.6 Å². The van der Waals surface area contributed by atoms with Gasteiger partial charge in [0.25, 0.3) is 10.0 Å². The summed E-state index contributed by atoms with van der Waals surface area (Å²) in [4.78, 5) is 28.8. The molecule has 1 N–H and O–H groups in total. The number of carbonyl (C=O) groups excluding carboxylic acids is 2. The van der Waals surface area contributed by atoms with E-state index in [0.29, 0.717) is 30.6 Å². The maximum absolute atomic E-state index is 14.1. The largest absolute Gasteiger partial charge is 0.354 e. The summed E-state index contributed by atoms with van der Waals surface area (Å²) in [5.74, 6) is -1.26. The molecule has 0 aliphatic heterocycles. The van der Waals surface area contributed by atoms with Crippen molar-refractivity contribution in [1.82, 2.24) is 10.2 Å². The minimum absolute atomic E-state index is 0.0205. The number of hydrogen-bond donors (Lipinski definition) is 1. The molecule has 0 bridgehead atoms. The average molecular weight is 582 g/mol. The van der Waals surface area contributed by atoms with E-state index in [1.165, 1.54) is 29.2 Å². The van der Waals surface area contributed by atoms with Crippen molar-refractivity contribution in [3.8, 4) is 0 Å². The van der Waals surface area contributed by atoms with Crippen LogP contribution in [0.15, 0.2) is 77.7 Å². The molecule has 0 aromatic heterocycles. The van der Waals surface area contributed by atoms with E-state index in [1.54, 1.807) is 36.4 Å². The van der Waals surface area contributed by atoms with Gasteiger partial charge in [0.05, 0.1) is 10.6 Å². The molecule has 0 aliphatic rings. The van der Waals surface area contributed by atoms with E-state index >= 15 is 0 Å². The summed E-state index contributed by atoms with van der Waals surface area (Å²) < 4.78 is 42.9. The third-order valence-electron chi connectivity index (χ3n) is 7.01. The molecule has 1 unspecified atom stereocenters. The first kappa shape index (κ1) is 31.8. The van der Waals surface area contributed by atoms with Crippen LogP contribution in [0.4, 0.5) is 10.1 Å². The first-order valence-electron chi connectivity index (χ1n) is 14.1. The van der Waals surface area contributed by atoms with Gasteiger partial charge in [-0.2, -0.15) is 0 Å². The summed E-state index contributed by atoms with van der Waals surface area (Å²) >= 11 is 0. The Kier molecular flexibility index (Phi) is 11.5. The lowest BCUT2D eigenvalue weighted by atomic mass is 10.1. The van der Waals surface area contributed by atoms with Crippen molar-refractivity contribution in [2.24, 2.45) is 0 Å². The van der Waals surface area contributed by atoms with Crippen LogP contribution in [0.3, 0.4) is 0 Å². The molecule has 220 valence electrons. The molecule has 0 saturated heterocycles. The van der Waals surface area contributed by atoms with Crippen molar-refractivity contribution < 1.29 is 22.4 Å². The highest BCUT2D eigenvalue weighted by atomic mass is 32.2. The zero-order chi connectivity index (χ0) is 30.0. The van der Waals surface area contributed by atoms with Crippen molar-refractivity contribution >= 4 is 27.5 Å². The minimum Gasteiger partial charge on any atom is -0.354 e. The van der Waals surface area contributed by atoms with Crippen LogP contribution in [-0.4, -0.2) is 44.3 Å². The highest BCUT2D eigenvalue weighted by Gasteiger charge is 2.34. The van der Waals surface area contributed by atoms with E-state index < -0.39 is 34.3 Å². The third kappa shape index (κ3) is 8.16. The number of sulfonamides is 1. The van der Waals surface area contributed by atoms with Gasteiger partial charge in [-0.15, -0.1) is 0 Å². The van der Waals surface area contributed by atoms with E-state index in [-0.39, 0.29) is 17.3 Å². The summed E-state index contributed by atoms with van der Waals surface area (Å²) in [6.07, 6.45) is 2.57. The van der Waals surface area contributed by atoms with Gasteiger partial charge in [-0.25, -0.2) is 12.8 Å². The number of carbonyl (C=O) groups is 2. The predicted molar refractivity (Wildman–Crippen MR) is 160 cm³/mol. The number of halogens is 1. The zero-order valence-electron chi connectivity index (χ0n) is 24.3. The quantitative estimate of drug-likeness (QED) is 0.251. The van der Waals surface area contributed by atoms with E-state index in [2.05, 4.69) is 5.32 Å². The number of nitrogens with zero attached hydrogens (tertiary/aromatic N) is 2. The van der Waals surface area contributed by atoms with Gasteiger partial charge in [-0.1, -0.05) is 75.2 Å². The van der Waals surface area contributed by atoms with Gasteiger partial charge >= 0.3 is 0 Å². The second-order valence-corrected chi connectivity index (χ2v) is 11.9. The monoisotopic (exact) mass is 581 g/mol. The van der Waals surface area contributed by atoms with Gasteiger partial charge in [0.2, 0.25) is 11.8 Å². The first-order chi connectivity index (χ1) is 19.6. The molecule has 3 aromatic rings. The maximum Gasteiger partial charge on any atom is 0.264 e. The van der Waals surface area contributed by atoms with Gasteiger partial charge in [0.15, 0.2) is 0 Å². The Morgan fingerprint density at radius 1 is 0.927 bits per heavy atom. The average Bonchev–Trinajstić information content (AvgIpc) is 2.97. The number of nitrogens with one attached hydrogen (secondary N) is 1. The topological polar surface area (TPSA) is 86.8 Å². The highest BCUT2D eigenvalue weighted by molar-refractivity contribution is 7.92. The van der Waals surface area contributed by atoms with Crippen LogP contribution in [0.5, 0.6) is 0 Å². The predicted octanol–water partition coefficient (Wildman–Crippen LogP) is 5.62. The Morgan fingerprint density at radius 3 is 2.20 bits per heavy atom. The first-order valence-corrected chi connectivity index (χ1v) is 15.5. The Balaban J connectivity index is 2.06. The lowest BCUT2D eigenvalue weighted by Gasteiger charge is -2.33. The number of benzene rings is 3. The summed E-state index contributed by atoms with van der Waals surface area (Å²) in [7, 11) is -4.15. The van der Waals surface area contributed by atoms with E-state index in [0.717, 1.165) is 28.3 Å². The summed E-state index contributed by atoms with van der Waals surface area (Å²) in [5, 5.41) is 2.90. The fourth-order valence-corrected chi connectivity index (χ4v) is 6.07. The Bertz CT molecular complexity index is 1410. The molecule has 41 heavy (non-hydrogen) atoms. The van der Waals surface area contributed by atoms with Crippen molar-refractivity contribution in [3.05, 3.63) is 95.3 Å². The molecule has 9 heteroatoms. The van der Waals surface area contributed by atoms with Crippen LogP contribution < -0.4 is 9.62 Å². The summed E-state index contributed by atoms with van der Waals surface area (Å²) in [5.41, 5.74) is 2.71. The fraction of sp³-hybridized carbons (Fsp3) is 0.375. The van der Waals surface area contributed by atoms with E-state index in [1.807, 2.05) is 39.8 Å². The number of aryl methyl sites for hydroxylation is 2. The standard InChI is InChI=1S/C32H40FN3O4S/c1-5-8-21-34-32(38)29(7-3)35(22-25-15-17-27(33)18-16-25)31(37)23-36(30-12-10-9-11-26(30)6-2)41(39,40)28-19-13-24(4)14-20-28/h9-20,29H,5-8,21-23H2,1-4H3,(H,34,38). The number of para-hydroxylation sites is 1. The zero-order valence-corrected chi connectivity index (χ0v) is 25.1. The summed E-state index contributed by atoms with van der Waals surface area (Å²) in [6.45, 7) is 7.61. The highest BCUT2D eigenvalue weighted by Crippen LogP contribution is 2.28. The SMILES string of the molecule is CCCCNC(=O)C(CC)N(Cc1ccc(F)cc1)C(=O)CN(c1ccccc1CC)S(=O)(=O)c1ccc(C)cc1. The molecular formula is C32H40FN3O4S. The van der Waals surface area contributed by atoms with Gasteiger partial charge in [0, 0.05) is 13.1 Å². The van der Waals surface area contributed by atoms with Crippen LogP contribution in [-0.2, 0) is 32.6 Å². The van der Waals surface area contributed by atoms with Crippen LogP contribution in [0.1, 0.15) is 56.7 Å². The minimum atomic E-state index is -4.15. The molecular weight excluding hydrogens is 541 g/mol. The van der Waals surface area contributed by atoms with Crippen LogP contribution >= 0.6 is 0 Å². The fourth-order valence-electron chi connectivity index (χ4n) is 4.62. The Labute approximate surface area is 243 Å². The van der Waals surface area contributed by atoms with Gasteiger partial charge < -0.3 is 10.2 Å². The van der Waals surface area contributed by atoms with Crippen LogP contribution in [0.25, 0.3) is 0 Å². The molecule has 0 aliphatic carbocycles. The summed E-state index contributed by atoms with van der Waals surface area (Å²) in [6, 6.07) is 18.5. The molecule has 7 nitrogen and oxygen atoms in total. The molecule has 0 saturated carbocycles. The van der Waals surface area contributed by atoms with Crippen molar-refractivity contribution in [2.75, 3.05) is 17.4 Å². The lowest BCUT2D eigenvalue weighted by molar-refractivity contribution is -0.140. The van der Waals surface area contributed by atoms with Crippen LogP contribution in [0.2, 0.25) is 0 Å². The van der Waals surface area contributed by atoms with Crippen molar-refractivity contribution in [1.29, 1.82) is 0 Å². The van der Waals surface area contributed by atoms with Gasteiger partial charge in [-0.3, -0.25) is 13.9 Å². The third-order valence-corrected chi connectivity index (χ3v) is 8.78. The van der Waals surface area contributed by atoms with E-state index in [9.17, 15) is 22.4 Å². The molecule has 2 amide bonds. The van der Waals surface area contributed by atoms with Crippen molar-refractivity contribution in [2.45, 2.75) is 70.9 Å². The number of amides is 2. The molecule has 3 aromatic carbocycles. The normalized spacial score (nSPS) is 12.0. The second kappa shape index (κ2) is 14.8. The number of anilines is 1. The molecule has 0 fully saturated rings. The number of unbranched alkanes of at least 4 members (excludes halogenated alkanes) is 1. The number of hydrogen-bond acceptors (Lipinski definition) is 4. The number of rotatable bonds is 14. The molecule has 3 rings (SSSR count). The van der Waals surface area contributed by atoms with Crippen molar-refractivity contribution in [3.63, 3.8) is 0 Å². The molecule has 1 atom stereocenters. The maximum atomic E-state index is 14.1. The van der Waals surface area contributed by atoms with Crippen LogP contribution in [0, 0.1) is 12.7 Å². The lowest BCUT2D eigenvalue weighted by Crippen LogP contribution is -2.52. The Morgan fingerprint density at radius 2 is 1.59 bits per heavy atom. The molecule has 0 spiro atoms. The van der Waals surface area contributed by atoms with E-state index in [4.69, 9.17) is 0 Å².